The summed E-state index contributed by atoms with van der Waals surface area (Å²) in [5.74, 6) is 1.67. The molecule has 0 amide bonds. The highest BCUT2D eigenvalue weighted by molar-refractivity contribution is 5.79. The van der Waals surface area contributed by atoms with Crippen molar-refractivity contribution in [1.82, 2.24) is 5.32 Å². The minimum atomic E-state index is -0.392. The second-order valence-electron chi connectivity index (χ2n) is 5.95. The minimum Gasteiger partial charge on any atom is -0.497 e. The Kier molecular flexibility index (Phi) is 3.56. The molecule has 2 aromatic carbocycles. The summed E-state index contributed by atoms with van der Waals surface area (Å²) in [7, 11) is 1.66. The van der Waals surface area contributed by atoms with E-state index in [1.165, 1.54) is 11.1 Å². The van der Waals surface area contributed by atoms with Gasteiger partial charge in [0.05, 0.1) is 25.8 Å². The lowest BCUT2D eigenvalue weighted by Gasteiger charge is -2.17. The lowest BCUT2D eigenvalue weighted by atomic mass is 10.1. The molecule has 118 valence electrons. The largest absolute Gasteiger partial charge is 0.497 e. The number of hydrogen-bond donors (Lipinski definition) is 2. The molecule has 0 bridgehead atoms. The summed E-state index contributed by atoms with van der Waals surface area (Å²) in [6.07, 6.45) is 0.308. The van der Waals surface area contributed by atoms with Crippen LogP contribution in [-0.2, 0) is 13.0 Å². The van der Waals surface area contributed by atoms with Crippen molar-refractivity contribution in [1.29, 1.82) is 0 Å². The molecule has 1 aliphatic rings. The van der Waals surface area contributed by atoms with Gasteiger partial charge in [-0.2, -0.15) is 0 Å². The first-order valence-corrected chi connectivity index (χ1v) is 7.80. The summed E-state index contributed by atoms with van der Waals surface area (Å²) < 4.78 is 11.1. The highest BCUT2D eigenvalue weighted by Crippen LogP contribution is 2.32. The number of fused-ring (bicyclic) bond motifs is 2. The van der Waals surface area contributed by atoms with Crippen LogP contribution in [0.5, 0.6) is 5.75 Å². The lowest BCUT2D eigenvalue weighted by molar-refractivity contribution is 0.139. The Labute approximate surface area is 134 Å². The smallest absolute Gasteiger partial charge is 0.134 e. The fourth-order valence-corrected chi connectivity index (χ4v) is 3.32. The van der Waals surface area contributed by atoms with Crippen LogP contribution in [0, 0.1) is 0 Å². The number of aliphatic hydroxyl groups is 1. The van der Waals surface area contributed by atoms with Crippen LogP contribution in [0.25, 0.3) is 11.0 Å². The van der Waals surface area contributed by atoms with Crippen molar-refractivity contribution in [2.24, 2.45) is 0 Å². The monoisotopic (exact) mass is 309 g/mol. The third kappa shape index (κ3) is 2.60. The number of methoxy groups -OCH3 is 1. The molecule has 1 aliphatic carbocycles. The number of hydrogen-bond acceptors (Lipinski definition) is 4. The first kappa shape index (κ1) is 14.3. The van der Waals surface area contributed by atoms with Crippen LogP contribution in [0.3, 0.4) is 0 Å². The first-order chi connectivity index (χ1) is 11.2. The van der Waals surface area contributed by atoms with Gasteiger partial charge in [-0.1, -0.05) is 24.3 Å². The summed E-state index contributed by atoms with van der Waals surface area (Å²) in [5.41, 5.74) is 3.24. The molecule has 0 saturated heterocycles. The number of furan rings is 1. The van der Waals surface area contributed by atoms with Gasteiger partial charge in [0, 0.05) is 11.8 Å². The van der Waals surface area contributed by atoms with Crippen LogP contribution >= 0.6 is 0 Å². The van der Waals surface area contributed by atoms with E-state index in [2.05, 4.69) is 17.4 Å². The maximum atomic E-state index is 10.3. The van der Waals surface area contributed by atoms with Crippen LogP contribution in [-0.4, -0.2) is 18.3 Å². The van der Waals surface area contributed by atoms with Crippen LogP contribution in [0.2, 0.25) is 0 Å². The van der Waals surface area contributed by atoms with Crippen molar-refractivity contribution in [3.05, 3.63) is 65.4 Å². The third-order valence-electron chi connectivity index (χ3n) is 4.47. The molecule has 1 heterocycles. The maximum Gasteiger partial charge on any atom is 0.134 e. The van der Waals surface area contributed by atoms with Crippen molar-refractivity contribution >= 4 is 11.0 Å². The fourth-order valence-electron chi connectivity index (χ4n) is 3.32. The van der Waals surface area contributed by atoms with Gasteiger partial charge in [0.25, 0.3) is 0 Å². The minimum absolute atomic E-state index is 0.0473. The Morgan fingerprint density at radius 1 is 1.22 bits per heavy atom. The predicted octanol–water partition coefficient (Wildman–Crippen LogP) is 3.19. The summed E-state index contributed by atoms with van der Waals surface area (Å²) in [6, 6.07) is 15.9. The topological polar surface area (TPSA) is 54.6 Å². The van der Waals surface area contributed by atoms with Gasteiger partial charge in [0.1, 0.15) is 17.1 Å². The second-order valence-corrected chi connectivity index (χ2v) is 5.95. The van der Waals surface area contributed by atoms with E-state index in [1.807, 2.05) is 36.4 Å². The van der Waals surface area contributed by atoms with Crippen LogP contribution in [0.1, 0.15) is 22.9 Å². The Morgan fingerprint density at radius 2 is 2.09 bits per heavy atom. The Balaban J connectivity index is 1.53. The number of rotatable bonds is 4. The molecule has 1 aromatic heterocycles. The lowest BCUT2D eigenvalue weighted by Crippen LogP contribution is -2.28. The zero-order valence-electron chi connectivity index (χ0n) is 13.0. The molecule has 0 aliphatic heterocycles. The van der Waals surface area contributed by atoms with Crippen molar-refractivity contribution in [2.75, 3.05) is 7.11 Å². The van der Waals surface area contributed by atoms with E-state index in [0.29, 0.717) is 13.0 Å². The molecule has 2 atom stereocenters. The van der Waals surface area contributed by atoms with Gasteiger partial charge in [-0.3, -0.25) is 0 Å². The highest BCUT2D eigenvalue weighted by atomic mass is 16.5. The molecule has 0 unspecified atom stereocenters. The van der Waals surface area contributed by atoms with Gasteiger partial charge in [0.15, 0.2) is 0 Å². The Hall–Kier alpha value is -2.30. The molecular weight excluding hydrogens is 290 g/mol. The highest BCUT2D eigenvalue weighted by Gasteiger charge is 2.30. The standard InChI is InChI=1S/C19H19NO3/c1-22-14-6-7-18-13(8-14)9-15(23-18)11-20-19-16-5-3-2-4-12(16)10-17(19)21/h2-9,17,19-21H,10-11H2,1H3/t17-,19+/m1/s1. The number of aliphatic hydroxyl groups excluding tert-OH is 1. The van der Waals surface area contributed by atoms with E-state index in [0.717, 1.165) is 22.5 Å². The van der Waals surface area contributed by atoms with Gasteiger partial charge < -0.3 is 19.6 Å². The number of ether oxygens (including phenoxy) is 1. The van der Waals surface area contributed by atoms with Crippen LogP contribution in [0.4, 0.5) is 0 Å². The number of benzene rings is 2. The van der Waals surface area contributed by atoms with E-state index in [9.17, 15) is 5.11 Å². The maximum absolute atomic E-state index is 10.3. The molecule has 0 fully saturated rings. The molecular formula is C19H19NO3. The van der Waals surface area contributed by atoms with Crippen molar-refractivity contribution in [3.8, 4) is 5.75 Å². The van der Waals surface area contributed by atoms with E-state index in [1.54, 1.807) is 7.11 Å². The van der Waals surface area contributed by atoms with Crippen LogP contribution in [0.15, 0.2) is 52.9 Å². The normalized spacial score (nSPS) is 19.9. The summed E-state index contributed by atoms with van der Waals surface area (Å²) in [5, 5.41) is 14.7. The quantitative estimate of drug-likeness (QED) is 0.777. The zero-order valence-corrected chi connectivity index (χ0v) is 13.0. The van der Waals surface area contributed by atoms with Crippen molar-refractivity contribution in [2.45, 2.75) is 25.1 Å². The summed E-state index contributed by atoms with van der Waals surface area (Å²) in [6.45, 7) is 0.576. The van der Waals surface area contributed by atoms with Crippen molar-refractivity contribution in [3.63, 3.8) is 0 Å². The molecule has 3 aromatic rings. The van der Waals surface area contributed by atoms with E-state index in [4.69, 9.17) is 9.15 Å². The molecule has 23 heavy (non-hydrogen) atoms. The van der Waals surface area contributed by atoms with Crippen LogP contribution < -0.4 is 10.1 Å². The second kappa shape index (κ2) is 5.72. The van der Waals surface area contributed by atoms with E-state index >= 15 is 0 Å². The van der Waals surface area contributed by atoms with Gasteiger partial charge in [-0.25, -0.2) is 0 Å². The molecule has 4 heteroatoms. The van der Waals surface area contributed by atoms with Gasteiger partial charge >= 0.3 is 0 Å². The van der Waals surface area contributed by atoms with Gasteiger partial charge in [-0.05, 0) is 35.4 Å². The molecule has 4 rings (SSSR count). The molecule has 0 radical (unpaired) electrons. The average Bonchev–Trinajstić information content (AvgIpc) is 3.11. The number of nitrogens with one attached hydrogen (secondary N) is 1. The van der Waals surface area contributed by atoms with E-state index in [-0.39, 0.29) is 6.04 Å². The van der Waals surface area contributed by atoms with Gasteiger partial charge in [0.2, 0.25) is 0 Å². The Bertz CT molecular complexity index is 840. The van der Waals surface area contributed by atoms with E-state index < -0.39 is 6.10 Å². The summed E-state index contributed by atoms with van der Waals surface area (Å²) >= 11 is 0. The molecule has 0 spiro atoms. The average molecular weight is 309 g/mol. The third-order valence-corrected chi connectivity index (χ3v) is 4.47. The molecule has 4 nitrogen and oxygen atoms in total. The first-order valence-electron chi connectivity index (χ1n) is 7.80. The fraction of sp³-hybridized carbons (Fsp3) is 0.263. The zero-order chi connectivity index (χ0) is 15.8. The van der Waals surface area contributed by atoms with Crippen molar-refractivity contribution < 1.29 is 14.3 Å². The summed E-state index contributed by atoms with van der Waals surface area (Å²) in [4.78, 5) is 0. The molecule has 0 saturated carbocycles. The molecule has 2 N–H and O–H groups in total. The Morgan fingerprint density at radius 3 is 2.96 bits per heavy atom. The predicted molar refractivity (Wildman–Crippen MR) is 88.5 cm³/mol. The van der Waals surface area contributed by atoms with Gasteiger partial charge in [-0.15, -0.1) is 0 Å². The SMILES string of the molecule is COc1ccc2oc(CN[C@H]3c4ccccc4C[C@H]3O)cc2c1.